The minimum Gasteiger partial charge on any atom is -0.398 e. The first-order valence-electron chi connectivity index (χ1n) is 7.75. The Kier molecular flexibility index (Phi) is 4.71. The molecule has 0 aliphatic carbocycles. The van der Waals surface area contributed by atoms with Gasteiger partial charge in [-0.1, -0.05) is 13.8 Å². The van der Waals surface area contributed by atoms with E-state index in [1.807, 2.05) is 27.7 Å². The first-order chi connectivity index (χ1) is 10.7. The molecule has 0 saturated heterocycles. The van der Waals surface area contributed by atoms with Crippen LogP contribution in [0, 0.1) is 13.8 Å². The van der Waals surface area contributed by atoms with Crippen molar-refractivity contribution < 1.29 is 8.42 Å². The van der Waals surface area contributed by atoms with E-state index in [1.54, 1.807) is 24.3 Å². The quantitative estimate of drug-likeness (QED) is 0.840. The SMILES string of the molecule is CCc1cc(S(=O)(=O)c2cc(C)c(N)c(CC)c2)cc(C)c1N. The average molecular weight is 332 g/mol. The Balaban J connectivity index is 2.68. The second-order valence-corrected chi connectivity index (χ2v) is 7.79. The third-order valence-electron chi connectivity index (χ3n) is 4.27. The lowest BCUT2D eigenvalue weighted by Crippen LogP contribution is -2.08. The number of nitrogen functional groups attached to an aromatic ring is 2. The summed E-state index contributed by atoms with van der Waals surface area (Å²) in [5, 5.41) is 0. The van der Waals surface area contributed by atoms with Crippen LogP contribution in [0.3, 0.4) is 0 Å². The minimum atomic E-state index is -3.59. The van der Waals surface area contributed by atoms with Crippen molar-refractivity contribution >= 4 is 21.2 Å². The summed E-state index contributed by atoms with van der Waals surface area (Å²) in [6.45, 7) is 7.59. The smallest absolute Gasteiger partial charge is 0.206 e. The van der Waals surface area contributed by atoms with Gasteiger partial charge in [-0.25, -0.2) is 8.42 Å². The third-order valence-corrected chi connectivity index (χ3v) is 5.99. The van der Waals surface area contributed by atoms with Crippen LogP contribution in [-0.4, -0.2) is 8.42 Å². The van der Waals surface area contributed by atoms with E-state index >= 15 is 0 Å². The minimum absolute atomic E-state index is 0.285. The zero-order chi connectivity index (χ0) is 17.4. The highest BCUT2D eigenvalue weighted by Gasteiger charge is 2.21. The molecule has 0 radical (unpaired) electrons. The van der Waals surface area contributed by atoms with Crippen molar-refractivity contribution in [1.29, 1.82) is 0 Å². The van der Waals surface area contributed by atoms with Gasteiger partial charge in [0.15, 0.2) is 0 Å². The standard InChI is InChI=1S/C18H24N2O2S/c1-5-13-9-15(7-11(3)17(13)19)23(21,22)16-8-12(4)18(20)14(6-2)10-16/h7-10H,5-6,19-20H2,1-4H3. The molecule has 0 aromatic heterocycles. The predicted molar refractivity (Wildman–Crippen MR) is 95.4 cm³/mol. The van der Waals surface area contributed by atoms with Gasteiger partial charge in [0, 0.05) is 11.4 Å². The van der Waals surface area contributed by atoms with Gasteiger partial charge in [-0.3, -0.25) is 0 Å². The average Bonchev–Trinajstić information content (AvgIpc) is 2.52. The fourth-order valence-electron chi connectivity index (χ4n) is 2.70. The summed E-state index contributed by atoms with van der Waals surface area (Å²) < 4.78 is 26.0. The van der Waals surface area contributed by atoms with Crippen molar-refractivity contribution in [3.05, 3.63) is 46.5 Å². The predicted octanol–water partition coefficient (Wildman–Crippen LogP) is 3.43. The van der Waals surface area contributed by atoms with Crippen LogP contribution in [-0.2, 0) is 22.7 Å². The van der Waals surface area contributed by atoms with Crippen LogP contribution in [0.5, 0.6) is 0 Å². The third kappa shape index (κ3) is 3.06. The monoisotopic (exact) mass is 332 g/mol. The first kappa shape index (κ1) is 17.3. The molecule has 0 bridgehead atoms. The molecule has 5 heteroatoms. The van der Waals surface area contributed by atoms with Crippen molar-refractivity contribution in [1.82, 2.24) is 0 Å². The summed E-state index contributed by atoms with van der Waals surface area (Å²) in [5.74, 6) is 0. The lowest BCUT2D eigenvalue weighted by molar-refractivity contribution is 0.595. The summed E-state index contributed by atoms with van der Waals surface area (Å²) in [5.41, 5.74) is 16.6. The summed E-state index contributed by atoms with van der Waals surface area (Å²) in [7, 11) is -3.59. The van der Waals surface area contributed by atoms with Gasteiger partial charge in [-0.15, -0.1) is 0 Å². The molecular formula is C18H24N2O2S. The molecule has 0 fully saturated rings. The number of benzene rings is 2. The van der Waals surface area contributed by atoms with Crippen molar-refractivity contribution in [3.8, 4) is 0 Å². The molecule has 0 unspecified atom stereocenters. The first-order valence-corrected chi connectivity index (χ1v) is 9.23. The molecule has 0 heterocycles. The van der Waals surface area contributed by atoms with E-state index in [2.05, 4.69) is 0 Å². The number of hydrogen-bond donors (Lipinski definition) is 2. The number of aryl methyl sites for hydroxylation is 4. The highest BCUT2D eigenvalue weighted by atomic mass is 32.2. The Morgan fingerprint density at radius 1 is 0.783 bits per heavy atom. The van der Waals surface area contributed by atoms with Gasteiger partial charge in [0.05, 0.1) is 9.79 Å². The van der Waals surface area contributed by atoms with E-state index in [1.165, 1.54) is 0 Å². The Morgan fingerprint density at radius 3 is 1.43 bits per heavy atom. The second-order valence-electron chi connectivity index (χ2n) is 5.84. The van der Waals surface area contributed by atoms with Gasteiger partial charge in [0.2, 0.25) is 9.84 Å². The molecule has 2 rings (SSSR count). The molecular weight excluding hydrogens is 308 g/mol. The molecule has 0 spiro atoms. The number of rotatable bonds is 4. The normalized spacial score (nSPS) is 11.7. The molecule has 23 heavy (non-hydrogen) atoms. The van der Waals surface area contributed by atoms with E-state index in [0.29, 0.717) is 24.2 Å². The van der Waals surface area contributed by atoms with Gasteiger partial charge in [-0.05, 0) is 73.2 Å². The van der Waals surface area contributed by atoms with Gasteiger partial charge in [-0.2, -0.15) is 0 Å². The Labute approximate surface area is 138 Å². The number of nitrogens with two attached hydrogens (primary N) is 2. The molecule has 0 atom stereocenters. The van der Waals surface area contributed by atoms with Crippen molar-refractivity contribution in [2.24, 2.45) is 0 Å². The molecule has 2 aromatic rings. The topological polar surface area (TPSA) is 86.2 Å². The van der Waals surface area contributed by atoms with Crippen LogP contribution < -0.4 is 11.5 Å². The summed E-state index contributed by atoms with van der Waals surface area (Å²) in [4.78, 5) is 0.569. The lowest BCUT2D eigenvalue weighted by Gasteiger charge is -2.14. The molecule has 0 aliphatic heterocycles. The highest BCUT2D eigenvalue weighted by molar-refractivity contribution is 7.91. The lowest BCUT2D eigenvalue weighted by atomic mass is 10.1. The van der Waals surface area contributed by atoms with Gasteiger partial charge in [0.1, 0.15) is 0 Å². The maximum Gasteiger partial charge on any atom is 0.206 e. The summed E-state index contributed by atoms with van der Waals surface area (Å²) in [6, 6.07) is 6.63. The Bertz CT molecular complexity index is 790. The van der Waals surface area contributed by atoms with E-state index in [9.17, 15) is 8.42 Å². The maximum absolute atomic E-state index is 13.0. The van der Waals surface area contributed by atoms with E-state index in [-0.39, 0.29) is 9.79 Å². The van der Waals surface area contributed by atoms with Gasteiger partial charge in [0.25, 0.3) is 0 Å². The van der Waals surface area contributed by atoms with Crippen LogP contribution in [0.25, 0.3) is 0 Å². The van der Waals surface area contributed by atoms with Crippen LogP contribution in [0.1, 0.15) is 36.1 Å². The van der Waals surface area contributed by atoms with E-state index < -0.39 is 9.84 Å². The van der Waals surface area contributed by atoms with Crippen LogP contribution in [0.4, 0.5) is 11.4 Å². The highest BCUT2D eigenvalue weighted by Crippen LogP contribution is 2.30. The fraction of sp³-hybridized carbons (Fsp3) is 0.333. The van der Waals surface area contributed by atoms with Crippen molar-refractivity contribution in [2.75, 3.05) is 11.5 Å². The number of anilines is 2. The maximum atomic E-state index is 13.0. The number of hydrogen-bond acceptors (Lipinski definition) is 4. The zero-order valence-electron chi connectivity index (χ0n) is 14.1. The Hall–Kier alpha value is -2.01. The van der Waals surface area contributed by atoms with Gasteiger partial charge >= 0.3 is 0 Å². The van der Waals surface area contributed by atoms with Crippen LogP contribution in [0.2, 0.25) is 0 Å². The van der Waals surface area contributed by atoms with Crippen LogP contribution in [0.15, 0.2) is 34.1 Å². The molecule has 0 aliphatic rings. The fourth-order valence-corrected chi connectivity index (χ4v) is 4.23. The number of sulfone groups is 1. The molecule has 124 valence electrons. The molecule has 4 nitrogen and oxygen atoms in total. The second kappa shape index (κ2) is 6.24. The molecule has 4 N–H and O–H groups in total. The summed E-state index contributed by atoms with van der Waals surface area (Å²) >= 11 is 0. The van der Waals surface area contributed by atoms with E-state index in [4.69, 9.17) is 11.5 Å². The van der Waals surface area contributed by atoms with E-state index in [0.717, 1.165) is 22.3 Å². The molecule has 0 amide bonds. The molecule has 2 aromatic carbocycles. The summed E-state index contributed by atoms with van der Waals surface area (Å²) in [6.07, 6.45) is 1.38. The van der Waals surface area contributed by atoms with Crippen molar-refractivity contribution in [3.63, 3.8) is 0 Å². The van der Waals surface area contributed by atoms with Crippen LogP contribution >= 0.6 is 0 Å². The Morgan fingerprint density at radius 2 is 1.13 bits per heavy atom. The molecule has 0 saturated carbocycles. The largest absolute Gasteiger partial charge is 0.398 e. The zero-order valence-corrected chi connectivity index (χ0v) is 14.9. The van der Waals surface area contributed by atoms with Gasteiger partial charge < -0.3 is 11.5 Å². The van der Waals surface area contributed by atoms with Crippen molar-refractivity contribution in [2.45, 2.75) is 50.3 Å².